The number of aromatic nitrogens is 1. The molecule has 0 spiro atoms. The second kappa shape index (κ2) is 2.37. The number of nitrogens with zero attached hydrogens (tertiary/aromatic N) is 1. The summed E-state index contributed by atoms with van der Waals surface area (Å²) in [6.07, 6.45) is 0. The number of Topliss-reactive ketones (excluding diaryl/α,β-unsaturated/α-hetero) is 1. The summed E-state index contributed by atoms with van der Waals surface area (Å²) in [5, 5.41) is 3.70. The van der Waals surface area contributed by atoms with Crippen molar-refractivity contribution in [2.24, 2.45) is 0 Å². The van der Waals surface area contributed by atoms with E-state index in [1.165, 1.54) is 6.92 Å². The molecule has 4 heteroatoms. The average Bonchev–Trinajstić information content (AvgIpc) is 2.41. The summed E-state index contributed by atoms with van der Waals surface area (Å²) in [5.41, 5.74) is 1.52. The molecule has 2 rings (SSSR count). The highest BCUT2D eigenvalue weighted by molar-refractivity contribution is 7.98. The van der Waals surface area contributed by atoms with Crippen LogP contribution in [0, 0.1) is 0 Å². The summed E-state index contributed by atoms with van der Waals surface area (Å²) in [6.45, 7) is 1.52. The Morgan fingerprint density at radius 1 is 1.64 bits per heavy atom. The first-order valence-corrected chi connectivity index (χ1v) is 4.50. The van der Waals surface area contributed by atoms with Crippen LogP contribution >= 0.6 is 11.8 Å². The van der Waals surface area contributed by atoms with Crippen molar-refractivity contribution >= 4 is 17.5 Å². The Morgan fingerprint density at radius 2 is 2.45 bits per heavy atom. The zero-order valence-electron chi connectivity index (χ0n) is 6.09. The molecule has 1 aromatic heterocycles. The number of fused-ring (bicyclic) bond motifs is 1. The Hall–Kier alpha value is -0.770. The molecule has 58 valence electrons. The van der Waals surface area contributed by atoms with E-state index < -0.39 is 0 Å². The van der Waals surface area contributed by atoms with Gasteiger partial charge in [-0.3, -0.25) is 4.79 Å². The average molecular weight is 169 g/mol. The first-order chi connectivity index (χ1) is 5.29. The highest BCUT2D eigenvalue weighted by Crippen LogP contribution is 2.31. The first-order valence-electron chi connectivity index (χ1n) is 3.35. The maximum Gasteiger partial charge on any atom is 0.181 e. The molecule has 0 amide bonds. The van der Waals surface area contributed by atoms with Crippen LogP contribution in [-0.4, -0.2) is 10.9 Å². The van der Waals surface area contributed by atoms with E-state index in [-0.39, 0.29) is 5.78 Å². The van der Waals surface area contributed by atoms with Gasteiger partial charge in [-0.05, 0) is 0 Å². The summed E-state index contributed by atoms with van der Waals surface area (Å²) in [6, 6.07) is 0. The van der Waals surface area contributed by atoms with Crippen molar-refractivity contribution in [2.45, 2.75) is 18.4 Å². The van der Waals surface area contributed by atoms with Crippen molar-refractivity contribution in [1.29, 1.82) is 0 Å². The van der Waals surface area contributed by atoms with Crippen LogP contribution in [0.3, 0.4) is 0 Å². The lowest BCUT2D eigenvalue weighted by molar-refractivity contribution is 0.100. The van der Waals surface area contributed by atoms with E-state index in [1.54, 1.807) is 11.8 Å². The normalized spacial score (nSPS) is 15.0. The Kier molecular flexibility index (Phi) is 1.49. The van der Waals surface area contributed by atoms with Crippen molar-refractivity contribution in [3.8, 4) is 0 Å². The number of rotatable bonds is 1. The number of ketones is 1. The summed E-state index contributed by atoms with van der Waals surface area (Å²) in [7, 11) is 0. The van der Waals surface area contributed by atoms with Crippen molar-refractivity contribution in [2.75, 3.05) is 0 Å². The van der Waals surface area contributed by atoms with Gasteiger partial charge in [-0.1, -0.05) is 5.16 Å². The first kappa shape index (κ1) is 6.91. The molecule has 2 heterocycles. The third kappa shape index (κ3) is 0.976. The number of hydrogen-bond donors (Lipinski definition) is 0. The van der Waals surface area contributed by atoms with Gasteiger partial charge in [0.25, 0.3) is 0 Å². The minimum atomic E-state index is -0.00231. The van der Waals surface area contributed by atoms with E-state index in [9.17, 15) is 4.79 Å². The smallest absolute Gasteiger partial charge is 0.181 e. The standard InChI is InChI=1S/C7H7NO2S/c1-4(9)7-5-2-11-3-6(5)10-8-7/h2-3H2,1H3. The van der Waals surface area contributed by atoms with Crippen LogP contribution in [0.15, 0.2) is 4.52 Å². The van der Waals surface area contributed by atoms with Gasteiger partial charge in [0.1, 0.15) is 0 Å². The fraction of sp³-hybridized carbons (Fsp3) is 0.429. The molecule has 1 aromatic rings. The van der Waals surface area contributed by atoms with Crippen LogP contribution in [0.5, 0.6) is 0 Å². The second-order valence-corrected chi connectivity index (χ2v) is 3.47. The molecule has 0 atom stereocenters. The summed E-state index contributed by atoms with van der Waals surface area (Å²) >= 11 is 1.76. The van der Waals surface area contributed by atoms with Gasteiger partial charge >= 0.3 is 0 Å². The predicted molar refractivity (Wildman–Crippen MR) is 41.5 cm³/mol. The molecule has 0 saturated heterocycles. The quantitative estimate of drug-likeness (QED) is 0.599. The minimum Gasteiger partial charge on any atom is -0.359 e. The van der Waals surface area contributed by atoms with Crippen LogP contribution in [-0.2, 0) is 11.5 Å². The van der Waals surface area contributed by atoms with Crippen molar-refractivity contribution in [3.63, 3.8) is 0 Å². The van der Waals surface area contributed by atoms with Crippen LogP contribution in [0.2, 0.25) is 0 Å². The van der Waals surface area contributed by atoms with Gasteiger partial charge in [0.15, 0.2) is 17.2 Å². The maximum atomic E-state index is 10.9. The molecular weight excluding hydrogens is 162 g/mol. The van der Waals surface area contributed by atoms with Crippen molar-refractivity contribution in [3.05, 3.63) is 17.0 Å². The van der Waals surface area contributed by atoms with E-state index in [0.29, 0.717) is 5.69 Å². The van der Waals surface area contributed by atoms with Gasteiger partial charge in [0.2, 0.25) is 0 Å². The lowest BCUT2D eigenvalue weighted by Crippen LogP contribution is -1.95. The highest BCUT2D eigenvalue weighted by Gasteiger charge is 2.23. The highest BCUT2D eigenvalue weighted by atomic mass is 32.2. The lowest BCUT2D eigenvalue weighted by Gasteiger charge is -1.87. The van der Waals surface area contributed by atoms with E-state index in [2.05, 4.69) is 5.16 Å². The van der Waals surface area contributed by atoms with Gasteiger partial charge in [-0.15, -0.1) is 11.8 Å². The molecule has 11 heavy (non-hydrogen) atoms. The molecule has 0 aromatic carbocycles. The fourth-order valence-electron chi connectivity index (χ4n) is 1.13. The summed E-state index contributed by atoms with van der Waals surface area (Å²) in [5.74, 6) is 2.60. The predicted octanol–water partition coefficient (Wildman–Crippen LogP) is 1.62. The Morgan fingerprint density at radius 3 is 3.18 bits per heavy atom. The van der Waals surface area contributed by atoms with Crippen LogP contribution in [0.4, 0.5) is 0 Å². The van der Waals surface area contributed by atoms with Crippen LogP contribution < -0.4 is 0 Å². The van der Waals surface area contributed by atoms with Crippen molar-refractivity contribution in [1.82, 2.24) is 5.16 Å². The number of hydrogen-bond acceptors (Lipinski definition) is 4. The number of carbonyl (C=O) groups excluding carboxylic acids is 1. The van der Waals surface area contributed by atoms with Gasteiger partial charge in [0.05, 0.1) is 5.75 Å². The van der Waals surface area contributed by atoms with Gasteiger partial charge < -0.3 is 4.52 Å². The third-order valence-electron chi connectivity index (χ3n) is 1.68. The van der Waals surface area contributed by atoms with Gasteiger partial charge in [-0.2, -0.15) is 0 Å². The number of carbonyl (C=O) groups is 1. The van der Waals surface area contributed by atoms with Crippen LogP contribution in [0.25, 0.3) is 0 Å². The molecule has 1 aliphatic heterocycles. The molecule has 0 radical (unpaired) electrons. The number of thioether (sulfide) groups is 1. The second-order valence-electron chi connectivity index (χ2n) is 2.48. The molecule has 0 unspecified atom stereocenters. The molecule has 0 saturated carbocycles. The molecule has 0 aliphatic carbocycles. The largest absolute Gasteiger partial charge is 0.359 e. The van der Waals surface area contributed by atoms with Gasteiger partial charge in [-0.25, -0.2) is 0 Å². The monoisotopic (exact) mass is 169 g/mol. The van der Waals surface area contributed by atoms with Crippen molar-refractivity contribution < 1.29 is 9.32 Å². The molecule has 0 N–H and O–H groups in total. The maximum absolute atomic E-state index is 10.9. The Balaban J connectivity index is 2.50. The summed E-state index contributed by atoms with van der Waals surface area (Å²) in [4.78, 5) is 10.9. The van der Waals surface area contributed by atoms with Crippen LogP contribution in [0.1, 0.15) is 28.7 Å². The third-order valence-corrected chi connectivity index (χ3v) is 2.64. The minimum absolute atomic E-state index is 0.00231. The zero-order chi connectivity index (χ0) is 7.84. The molecule has 3 nitrogen and oxygen atoms in total. The molecule has 0 bridgehead atoms. The van der Waals surface area contributed by atoms with Gasteiger partial charge in [0, 0.05) is 18.2 Å². The Bertz CT molecular complexity index is 305. The van der Waals surface area contributed by atoms with E-state index >= 15 is 0 Å². The molecule has 0 fully saturated rings. The van der Waals surface area contributed by atoms with E-state index in [1.807, 2.05) is 0 Å². The summed E-state index contributed by atoms with van der Waals surface area (Å²) < 4.78 is 4.98. The molecule has 1 aliphatic rings. The topological polar surface area (TPSA) is 43.1 Å². The zero-order valence-corrected chi connectivity index (χ0v) is 6.90. The molecular formula is C7H7NO2S. The lowest BCUT2D eigenvalue weighted by atomic mass is 10.2. The van der Waals surface area contributed by atoms with E-state index in [0.717, 1.165) is 22.8 Å². The van der Waals surface area contributed by atoms with E-state index in [4.69, 9.17) is 4.52 Å². The SMILES string of the molecule is CC(=O)c1noc2c1CSC2. The Labute approximate surface area is 68.1 Å². The fourth-order valence-corrected chi connectivity index (χ4v) is 2.14.